The molecular weight excluding hydrogens is 637 g/mol. The van der Waals surface area contributed by atoms with Gasteiger partial charge in [-0.05, 0) is 69.1 Å². The van der Waals surface area contributed by atoms with Crippen LogP contribution in [0.5, 0.6) is 0 Å². The number of aliphatic hydroxyl groups excluding tert-OH is 1. The molecule has 3 saturated heterocycles. The van der Waals surface area contributed by atoms with Gasteiger partial charge in [-0.2, -0.15) is 0 Å². The van der Waals surface area contributed by atoms with E-state index in [1.54, 1.807) is 24.0 Å². The van der Waals surface area contributed by atoms with Gasteiger partial charge in [-0.1, -0.05) is 19.1 Å². The zero-order valence-electron chi connectivity index (χ0n) is 27.6. The lowest BCUT2D eigenvalue weighted by Gasteiger charge is -2.31. The quantitative estimate of drug-likeness (QED) is 0.154. The van der Waals surface area contributed by atoms with Gasteiger partial charge in [0.05, 0.1) is 48.2 Å². The van der Waals surface area contributed by atoms with Crippen molar-refractivity contribution in [3.8, 4) is 0 Å². The van der Waals surface area contributed by atoms with Gasteiger partial charge in [0.25, 0.3) is 11.6 Å². The summed E-state index contributed by atoms with van der Waals surface area (Å²) >= 11 is 0. The van der Waals surface area contributed by atoms with Crippen LogP contribution in [0.25, 0.3) is 0 Å². The smallest absolute Gasteiger partial charge is 0.269 e. The number of carbonyl (C=O) groups is 3. The maximum Gasteiger partial charge on any atom is 0.269 e. The predicted octanol–water partition coefficient (Wildman–Crippen LogP) is 4.23. The van der Waals surface area contributed by atoms with E-state index >= 15 is 4.11 Å². The zero-order chi connectivity index (χ0) is 34.4. The Morgan fingerprint density at radius 2 is 1.94 bits per heavy atom. The van der Waals surface area contributed by atoms with E-state index in [1.165, 1.54) is 36.2 Å². The number of nitrogens with one attached hydrogen (secondary N) is 2. The number of likely N-dealkylation sites (tertiary alicyclic amines) is 1. The number of nitrogens with zero attached hydrogens (tertiary/aromatic N) is 3. The topological polar surface area (TPSA) is 154 Å². The molecule has 3 N–H and O–H groups in total. The highest BCUT2D eigenvalue weighted by Gasteiger charge is 2.67. The van der Waals surface area contributed by atoms with Crippen LogP contribution in [-0.2, 0) is 31.3 Å². The number of carbonyl (C=O) groups excluding carboxylic acids is 3. The molecule has 6 atom stereocenters. The van der Waals surface area contributed by atoms with Gasteiger partial charge in [0.15, 0.2) is 5.60 Å². The molecule has 2 aromatic carbocycles. The van der Waals surface area contributed by atoms with Crippen molar-refractivity contribution in [2.24, 2.45) is 11.8 Å². The number of hydrogen-bond acceptors (Lipinski definition) is 8. The predicted molar refractivity (Wildman–Crippen MR) is 179 cm³/mol. The van der Waals surface area contributed by atoms with E-state index in [9.17, 15) is 29.6 Å². The summed E-state index contributed by atoms with van der Waals surface area (Å²) in [7, 11) is -3.58. The number of ether oxygens (including phenoxy) is 1. The molecule has 258 valence electrons. The molecule has 1 unspecified atom stereocenters. The van der Waals surface area contributed by atoms with Crippen LogP contribution in [-0.4, -0.2) is 79.4 Å². The summed E-state index contributed by atoms with van der Waals surface area (Å²) in [4.78, 5) is 55.4. The average molecular weight is 682 g/mol. The second-order valence-corrected chi connectivity index (χ2v) is 17.9. The number of benzene rings is 2. The van der Waals surface area contributed by atoms with E-state index in [0.717, 1.165) is 31.4 Å². The first-order valence-electron chi connectivity index (χ1n) is 16.8. The molecule has 0 bridgehead atoms. The van der Waals surface area contributed by atoms with Crippen LogP contribution >= 0.6 is 0 Å². The zero-order valence-corrected chi connectivity index (χ0v) is 28.6. The Morgan fingerprint density at radius 1 is 1.19 bits per heavy atom. The number of nitro benzene ring substituents is 1. The number of hydrogen-bond donors (Lipinski definition) is 3. The fraction of sp³-hybridized carbons (Fsp3) is 0.559. The molecule has 4 heterocycles. The maximum atomic E-state index is 16.2. The van der Waals surface area contributed by atoms with Crippen LogP contribution in [0.4, 0.5) is 21.2 Å². The highest BCUT2D eigenvalue weighted by molar-refractivity contribution is 6.72. The van der Waals surface area contributed by atoms with E-state index in [-0.39, 0.29) is 49.0 Å². The normalized spacial score (nSPS) is 28.6. The molecule has 0 aliphatic carbocycles. The van der Waals surface area contributed by atoms with Crippen molar-refractivity contribution in [2.75, 3.05) is 36.5 Å². The summed E-state index contributed by atoms with van der Waals surface area (Å²) in [6.07, 6.45) is 2.11. The average Bonchev–Trinajstić information content (AvgIpc) is 3.72. The van der Waals surface area contributed by atoms with Crippen molar-refractivity contribution in [1.82, 2.24) is 10.2 Å². The molecule has 0 radical (unpaired) electrons. The van der Waals surface area contributed by atoms with Crippen LogP contribution in [0.3, 0.4) is 0 Å². The minimum absolute atomic E-state index is 0.0481. The Morgan fingerprint density at radius 3 is 2.58 bits per heavy atom. The minimum atomic E-state index is -3.58. The molecule has 1 spiro atoms. The molecule has 0 saturated carbocycles. The van der Waals surface area contributed by atoms with Gasteiger partial charge in [-0.25, -0.2) is 0 Å². The molecular formula is C34H44FN5O7Si. The minimum Gasteiger partial charge on any atom is -0.394 e. The molecule has 2 aromatic rings. The van der Waals surface area contributed by atoms with Crippen LogP contribution in [0.15, 0.2) is 42.5 Å². The lowest BCUT2D eigenvalue weighted by atomic mass is 9.82. The van der Waals surface area contributed by atoms with Crippen molar-refractivity contribution in [3.05, 3.63) is 63.7 Å². The SMILES string of the molecule is C[C@@H]1[C@@H]([Si](C)(C)F)[C@H](CC(=O)N2CCC[C@H]2CO)O[C@@]12C(=O)N(Cc1ccc(NC(=O)C3CCCNC3)cc1)c1ccc([N+](=O)[O-])cc12. The fourth-order valence-corrected chi connectivity index (χ4v) is 10.8. The number of aliphatic hydroxyl groups is 1. The summed E-state index contributed by atoms with van der Waals surface area (Å²) < 4.78 is 22.9. The van der Waals surface area contributed by atoms with Crippen molar-refractivity contribution < 1.29 is 33.3 Å². The summed E-state index contributed by atoms with van der Waals surface area (Å²) in [6, 6.07) is 11.1. The van der Waals surface area contributed by atoms with Crippen molar-refractivity contribution in [3.63, 3.8) is 0 Å². The third-order valence-electron chi connectivity index (χ3n) is 10.7. The Labute approximate surface area is 280 Å². The van der Waals surface area contributed by atoms with Gasteiger partial charge in [0.2, 0.25) is 20.2 Å². The van der Waals surface area contributed by atoms with E-state index < -0.39 is 42.4 Å². The number of anilines is 2. The van der Waals surface area contributed by atoms with Crippen molar-refractivity contribution >= 4 is 43.2 Å². The molecule has 4 aliphatic heterocycles. The number of non-ortho nitro benzene ring substituents is 1. The number of piperidine rings is 1. The Kier molecular flexibility index (Phi) is 9.46. The van der Waals surface area contributed by atoms with Crippen LogP contribution in [0.2, 0.25) is 18.6 Å². The molecule has 48 heavy (non-hydrogen) atoms. The lowest BCUT2D eigenvalue weighted by Crippen LogP contribution is -2.45. The van der Waals surface area contributed by atoms with E-state index in [0.29, 0.717) is 36.4 Å². The van der Waals surface area contributed by atoms with Gasteiger partial charge >= 0.3 is 0 Å². The maximum absolute atomic E-state index is 16.2. The third kappa shape index (κ3) is 6.14. The molecule has 3 fully saturated rings. The fourth-order valence-electron chi connectivity index (χ4n) is 8.35. The van der Waals surface area contributed by atoms with E-state index in [4.69, 9.17) is 4.74 Å². The van der Waals surface area contributed by atoms with Gasteiger partial charge in [0.1, 0.15) is 0 Å². The summed E-state index contributed by atoms with van der Waals surface area (Å²) in [6.45, 7) is 6.80. The van der Waals surface area contributed by atoms with Gasteiger partial charge < -0.3 is 34.4 Å². The Bertz CT molecular complexity index is 1580. The second-order valence-electron chi connectivity index (χ2n) is 14.1. The summed E-state index contributed by atoms with van der Waals surface area (Å²) in [5, 5.41) is 27.9. The van der Waals surface area contributed by atoms with Gasteiger partial charge in [-0.3, -0.25) is 24.5 Å². The largest absolute Gasteiger partial charge is 0.394 e. The molecule has 4 aliphatic rings. The lowest BCUT2D eigenvalue weighted by molar-refractivity contribution is -0.385. The van der Waals surface area contributed by atoms with Crippen molar-refractivity contribution in [2.45, 2.75) is 82.0 Å². The monoisotopic (exact) mass is 681 g/mol. The highest BCUT2D eigenvalue weighted by Crippen LogP contribution is 2.60. The van der Waals surface area contributed by atoms with Crippen LogP contribution in [0.1, 0.15) is 50.2 Å². The second kappa shape index (κ2) is 13.3. The van der Waals surface area contributed by atoms with Crippen molar-refractivity contribution in [1.29, 1.82) is 0 Å². The first-order chi connectivity index (χ1) is 22.8. The number of rotatable bonds is 9. The molecule has 12 nitrogen and oxygen atoms in total. The molecule has 3 amide bonds. The molecule has 14 heteroatoms. The van der Waals surface area contributed by atoms with Crippen LogP contribution < -0.4 is 15.5 Å². The highest BCUT2D eigenvalue weighted by atomic mass is 28.4. The first kappa shape index (κ1) is 34.2. The third-order valence-corrected chi connectivity index (χ3v) is 13.1. The Balaban J connectivity index is 1.30. The standard InChI is InChI=1S/C34H44FN5O7Si/c1-21-31(48(2,3)35)29(17-30(42)38-15-5-7-26(38)20-41)47-34(21)27-16-25(40(45)46)12-13-28(27)39(33(34)44)19-22-8-10-24(11-9-22)37-32(43)23-6-4-14-36-18-23/h8-13,16,21,23,26,29,31,36,41H,4-7,14-15,17-20H2,1-3H3,(H,37,43)/t21-,23?,26+,29+,31-,34+/m1/s1. The van der Waals surface area contributed by atoms with Gasteiger partial charge in [0, 0.05) is 47.9 Å². The number of halogens is 1. The van der Waals surface area contributed by atoms with Gasteiger partial charge in [-0.15, -0.1) is 0 Å². The number of fused-ring (bicyclic) bond motifs is 2. The molecule has 6 rings (SSSR count). The first-order valence-corrected chi connectivity index (χ1v) is 19.8. The van der Waals surface area contributed by atoms with E-state index in [1.807, 2.05) is 12.1 Å². The summed E-state index contributed by atoms with van der Waals surface area (Å²) in [5.41, 5.74) is -0.585. The number of amides is 3. The summed E-state index contributed by atoms with van der Waals surface area (Å²) in [5.74, 6) is -1.59. The number of nitro groups is 1. The van der Waals surface area contributed by atoms with E-state index in [2.05, 4.69) is 10.6 Å². The van der Waals surface area contributed by atoms with Crippen LogP contribution in [0, 0.1) is 22.0 Å². The molecule has 0 aromatic heterocycles. The Hall–Kier alpha value is -3.72.